The van der Waals surface area contributed by atoms with Gasteiger partial charge in [0.15, 0.2) is 10.7 Å². The average molecular weight is 235 g/mol. The van der Waals surface area contributed by atoms with Gasteiger partial charge in [0.2, 0.25) is 0 Å². The first-order valence-electron chi connectivity index (χ1n) is 3.31. The van der Waals surface area contributed by atoms with Crippen LogP contribution in [0.1, 0.15) is 10.5 Å². The second kappa shape index (κ2) is 4.30. The van der Waals surface area contributed by atoms with Crippen molar-refractivity contribution >= 4 is 35.0 Å². The van der Waals surface area contributed by atoms with Gasteiger partial charge in [-0.15, -0.1) is 0 Å². The molecule has 0 radical (unpaired) electrons. The lowest BCUT2D eigenvalue weighted by Crippen LogP contribution is -2.55. The van der Waals surface area contributed by atoms with E-state index in [9.17, 15) is 4.79 Å². The molecule has 0 aromatic carbocycles. The van der Waals surface area contributed by atoms with Crippen LogP contribution in [0.15, 0.2) is 0 Å². The van der Waals surface area contributed by atoms with E-state index in [0.717, 1.165) is 0 Å². The molecular weight excluding hydrogens is 231 g/mol. The number of aromatic nitrogens is 2. The molecule has 0 aliphatic carbocycles. The van der Waals surface area contributed by atoms with Gasteiger partial charge in [0.05, 0.1) is 7.11 Å². The van der Waals surface area contributed by atoms with Crippen molar-refractivity contribution in [1.29, 1.82) is 0 Å². The molecule has 1 aromatic heterocycles. The van der Waals surface area contributed by atoms with E-state index in [1.807, 2.05) is 0 Å². The molecule has 0 amide bonds. The van der Waals surface area contributed by atoms with Gasteiger partial charge in [0.25, 0.3) is 0 Å². The van der Waals surface area contributed by atoms with Crippen LogP contribution in [-0.2, 0) is 4.74 Å². The lowest BCUT2D eigenvalue weighted by Gasteiger charge is -1.99. The number of hydrogen-bond donors (Lipinski definition) is 1. The van der Waals surface area contributed by atoms with Crippen molar-refractivity contribution in [3.8, 4) is 0 Å². The Morgan fingerprint density at radius 2 is 2.14 bits per heavy atom. The van der Waals surface area contributed by atoms with Gasteiger partial charge in [-0.1, -0.05) is 11.6 Å². The lowest BCUT2D eigenvalue weighted by molar-refractivity contribution is -0.384. The fourth-order valence-electron chi connectivity index (χ4n) is 0.726. The summed E-state index contributed by atoms with van der Waals surface area (Å²) >= 11 is 11.1. The largest absolute Gasteiger partial charge is 0.614 e. The zero-order chi connectivity index (χ0) is 10.7. The van der Waals surface area contributed by atoms with Gasteiger partial charge in [-0.3, -0.25) is 0 Å². The average Bonchev–Trinajstić information content (AvgIpc) is 2.19. The van der Waals surface area contributed by atoms with Crippen molar-refractivity contribution in [2.45, 2.75) is 0 Å². The number of methoxy groups -OCH3 is 1. The van der Waals surface area contributed by atoms with Crippen LogP contribution in [-0.4, -0.2) is 23.0 Å². The summed E-state index contributed by atoms with van der Waals surface area (Å²) < 4.78 is 4.39. The topological polar surface area (TPSA) is 88.3 Å². The Balaban J connectivity index is 3.36. The number of hydrogen-bond acceptors (Lipinski definition) is 4. The van der Waals surface area contributed by atoms with Crippen LogP contribution < -0.4 is 5.11 Å². The minimum atomic E-state index is -0.768. The van der Waals surface area contributed by atoms with Crippen LogP contribution in [0.4, 0.5) is 5.82 Å². The fraction of sp³-hybridized carbons (Fsp3) is 0.167. The van der Waals surface area contributed by atoms with Gasteiger partial charge < -0.3 is 15.4 Å². The number of esters is 1. The van der Waals surface area contributed by atoms with Crippen LogP contribution >= 0.6 is 23.2 Å². The maximum absolute atomic E-state index is 11.1. The highest BCUT2D eigenvalue weighted by atomic mass is 35.5. The Labute approximate surface area is 88.7 Å². The van der Waals surface area contributed by atoms with Gasteiger partial charge in [0, 0.05) is 0 Å². The van der Waals surface area contributed by atoms with Crippen molar-refractivity contribution in [3.05, 3.63) is 21.5 Å². The van der Waals surface area contributed by atoms with Crippen molar-refractivity contribution in [2.24, 2.45) is 0 Å². The van der Waals surface area contributed by atoms with E-state index in [1.165, 1.54) is 7.11 Å². The minimum Gasteiger partial charge on any atom is -0.614 e. The molecule has 1 aromatic rings. The molecule has 0 fully saturated rings. The van der Waals surface area contributed by atoms with Gasteiger partial charge in [-0.05, 0) is 16.6 Å². The van der Waals surface area contributed by atoms with Crippen LogP contribution in [0.5, 0.6) is 0 Å². The zero-order valence-electron chi connectivity index (χ0n) is 6.91. The lowest BCUT2D eigenvalue weighted by atomic mass is 10.4. The SMILES string of the molecule is COC(=O)c1nc(Cl)nc([NH+]=[N-])c1Cl. The monoisotopic (exact) mass is 234 g/mol. The molecule has 0 bridgehead atoms. The van der Waals surface area contributed by atoms with Gasteiger partial charge in [0.1, 0.15) is 0 Å². The summed E-state index contributed by atoms with van der Waals surface area (Å²) in [6, 6.07) is 0. The van der Waals surface area contributed by atoms with Crippen LogP contribution in [0, 0.1) is 0 Å². The molecule has 0 saturated heterocycles. The van der Waals surface area contributed by atoms with Gasteiger partial charge in [-0.2, -0.15) is 4.98 Å². The number of carbonyl (C=O) groups is 1. The summed E-state index contributed by atoms with van der Waals surface area (Å²) in [5.74, 6) is -0.928. The Morgan fingerprint density at radius 3 is 2.64 bits per heavy atom. The number of nitrogens with one attached hydrogen (secondary N) is 1. The third-order valence-electron chi connectivity index (χ3n) is 1.31. The number of carbonyl (C=O) groups excluding carboxylic acids is 1. The molecule has 8 heteroatoms. The molecule has 1 heterocycles. The molecule has 74 valence electrons. The standard InChI is InChI=1S/C6H4Cl2N4O2/c1-14-5(13)3-2(7)4(12-9)11-6(8)10-3/h12H,1H3. The fourth-order valence-corrected chi connectivity index (χ4v) is 1.10. The number of ether oxygens (including phenoxy) is 1. The maximum Gasteiger partial charge on any atom is 0.358 e. The third-order valence-corrected chi connectivity index (χ3v) is 1.84. The Kier molecular flexibility index (Phi) is 3.32. The van der Waals surface area contributed by atoms with E-state index < -0.39 is 5.97 Å². The second-order valence-electron chi connectivity index (χ2n) is 2.11. The number of rotatable bonds is 2. The summed E-state index contributed by atoms with van der Waals surface area (Å²) in [7, 11) is 1.17. The second-order valence-corrected chi connectivity index (χ2v) is 2.82. The minimum absolute atomic E-state index is 0.160. The highest BCUT2D eigenvalue weighted by molar-refractivity contribution is 6.35. The summed E-state index contributed by atoms with van der Waals surface area (Å²) in [5, 5.41) is 1.29. The number of halogens is 2. The van der Waals surface area contributed by atoms with Crippen molar-refractivity contribution in [2.75, 3.05) is 7.11 Å². The zero-order valence-corrected chi connectivity index (χ0v) is 8.43. The molecule has 0 saturated carbocycles. The Hall–Kier alpha value is -1.27. The predicted octanol–water partition coefficient (Wildman–Crippen LogP) is 0.304. The van der Waals surface area contributed by atoms with Crippen molar-refractivity contribution < 1.29 is 14.6 Å². The summed E-state index contributed by atoms with van der Waals surface area (Å²) in [5.41, 5.74) is 8.37. The van der Waals surface area contributed by atoms with Gasteiger partial charge in [-0.25, -0.2) is 4.79 Å². The molecule has 0 unspecified atom stereocenters. The smallest absolute Gasteiger partial charge is 0.358 e. The molecule has 14 heavy (non-hydrogen) atoms. The van der Waals surface area contributed by atoms with Gasteiger partial charge >= 0.3 is 17.1 Å². The van der Waals surface area contributed by atoms with Crippen LogP contribution in [0.2, 0.25) is 10.3 Å². The molecule has 6 nitrogen and oxygen atoms in total. The molecular formula is C6H4Cl2N4O2. The van der Waals surface area contributed by atoms with E-state index in [1.54, 1.807) is 5.11 Å². The quantitative estimate of drug-likeness (QED) is 0.453. The van der Waals surface area contributed by atoms with Crippen molar-refractivity contribution in [3.63, 3.8) is 0 Å². The van der Waals surface area contributed by atoms with Crippen molar-refractivity contribution in [1.82, 2.24) is 9.97 Å². The molecule has 0 aliphatic heterocycles. The summed E-state index contributed by atoms with van der Waals surface area (Å²) in [6.07, 6.45) is 0. The van der Waals surface area contributed by atoms with E-state index in [-0.39, 0.29) is 21.8 Å². The molecule has 0 spiro atoms. The Bertz CT molecular complexity index is 396. The molecule has 1 N–H and O–H groups in total. The third kappa shape index (κ3) is 1.97. The molecule has 1 rings (SSSR count). The first-order chi connectivity index (χ1) is 6.60. The summed E-state index contributed by atoms with van der Waals surface area (Å²) in [4.78, 5) is 18.2. The first kappa shape index (κ1) is 10.8. The van der Waals surface area contributed by atoms with E-state index >= 15 is 0 Å². The van der Waals surface area contributed by atoms with Crippen LogP contribution in [0.25, 0.3) is 5.53 Å². The highest BCUT2D eigenvalue weighted by Crippen LogP contribution is 2.21. The Morgan fingerprint density at radius 1 is 1.50 bits per heavy atom. The number of nitrogens with zero attached hydrogens (tertiary/aromatic N) is 3. The molecule has 0 atom stereocenters. The summed E-state index contributed by atoms with van der Waals surface area (Å²) in [6.45, 7) is 0. The predicted molar refractivity (Wildman–Crippen MR) is 47.4 cm³/mol. The van der Waals surface area contributed by atoms with Crippen LogP contribution in [0.3, 0.4) is 0 Å². The van der Waals surface area contributed by atoms with E-state index in [4.69, 9.17) is 28.7 Å². The first-order valence-corrected chi connectivity index (χ1v) is 4.07. The normalized spacial score (nSPS) is 9.64. The van der Waals surface area contributed by atoms with E-state index in [2.05, 4.69) is 14.7 Å². The molecule has 0 aliphatic rings. The maximum atomic E-state index is 11.1. The van der Waals surface area contributed by atoms with E-state index in [0.29, 0.717) is 0 Å². The highest BCUT2D eigenvalue weighted by Gasteiger charge is 2.22.